The first-order chi connectivity index (χ1) is 14.8. The molecule has 7 heteroatoms. The average Bonchev–Trinajstić information content (AvgIpc) is 2.77. The molecular formula is C24H20FNO5. The molecule has 6 nitrogen and oxygen atoms in total. The highest BCUT2D eigenvalue weighted by atomic mass is 19.1. The minimum atomic E-state index is -2.17. The number of carboxylic acids is 2. The molecule has 0 aromatic heterocycles. The van der Waals surface area contributed by atoms with Crippen molar-refractivity contribution >= 4 is 17.8 Å². The van der Waals surface area contributed by atoms with Crippen LogP contribution in [0.1, 0.15) is 33.8 Å². The van der Waals surface area contributed by atoms with E-state index in [2.05, 4.69) is 5.32 Å². The second kappa shape index (κ2) is 9.21. The van der Waals surface area contributed by atoms with Gasteiger partial charge in [-0.3, -0.25) is 9.59 Å². The lowest BCUT2D eigenvalue weighted by Crippen LogP contribution is -2.56. The van der Waals surface area contributed by atoms with Gasteiger partial charge in [0.05, 0.1) is 6.42 Å². The van der Waals surface area contributed by atoms with E-state index >= 15 is 0 Å². The summed E-state index contributed by atoms with van der Waals surface area (Å²) in [7, 11) is 0. The molecule has 1 amide bonds. The fourth-order valence-electron chi connectivity index (χ4n) is 3.62. The number of halogens is 1. The van der Waals surface area contributed by atoms with Crippen molar-refractivity contribution < 1.29 is 29.0 Å². The fourth-order valence-corrected chi connectivity index (χ4v) is 3.62. The topological polar surface area (TPSA) is 104 Å². The maximum absolute atomic E-state index is 13.6. The molecule has 3 aromatic rings. The Morgan fingerprint density at radius 1 is 0.839 bits per heavy atom. The van der Waals surface area contributed by atoms with Crippen LogP contribution >= 0.6 is 0 Å². The van der Waals surface area contributed by atoms with Gasteiger partial charge in [0, 0.05) is 11.5 Å². The highest BCUT2D eigenvalue weighted by Crippen LogP contribution is 2.40. The number of rotatable bonds is 8. The van der Waals surface area contributed by atoms with Crippen LogP contribution in [-0.2, 0) is 15.1 Å². The van der Waals surface area contributed by atoms with Crippen molar-refractivity contribution in [2.75, 3.05) is 0 Å². The largest absolute Gasteiger partial charge is 0.481 e. The molecule has 0 fully saturated rings. The molecule has 0 heterocycles. The average molecular weight is 421 g/mol. The predicted octanol–water partition coefficient (Wildman–Crippen LogP) is 3.79. The molecular weight excluding hydrogens is 401 g/mol. The molecule has 158 valence electrons. The maximum Gasteiger partial charge on any atom is 0.334 e. The second-order valence-corrected chi connectivity index (χ2v) is 7.00. The molecule has 2 atom stereocenters. The lowest BCUT2D eigenvalue weighted by Gasteiger charge is -2.38. The van der Waals surface area contributed by atoms with Crippen LogP contribution in [0.3, 0.4) is 0 Å². The highest BCUT2D eigenvalue weighted by molar-refractivity contribution is 5.99. The SMILES string of the molecule is O=C(O)CC(c1ccccc1)C(NC(=O)c1ccccc1)(C(=O)O)c1ccc(F)cc1. The second-order valence-electron chi connectivity index (χ2n) is 7.00. The zero-order chi connectivity index (χ0) is 22.4. The van der Waals surface area contributed by atoms with Gasteiger partial charge in [-0.2, -0.15) is 0 Å². The Kier molecular flexibility index (Phi) is 6.45. The molecule has 2 unspecified atom stereocenters. The van der Waals surface area contributed by atoms with Crippen LogP contribution in [0.25, 0.3) is 0 Å². The molecule has 3 aromatic carbocycles. The molecule has 0 bridgehead atoms. The van der Waals surface area contributed by atoms with Gasteiger partial charge in [-0.15, -0.1) is 0 Å². The van der Waals surface area contributed by atoms with Crippen LogP contribution < -0.4 is 5.32 Å². The van der Waals surface area contributed by atoms with Gasteiger partial charge in [0.1, 0.15) is 5.82 Å². The van der Waals surface area contributed by atoms with Gasteiger partial charge in [-0.05, 0) is 35.4 Å². The number of carbonyl (C=O) groups excluding carboxylic acids is 1. The number of benzene rings is 3. The Bertz CT molecular complexity index is 1070. The summed E-state index contributed by atoms with van der Waals surface area (Å²) >= 11 is 0. The molecule has 0 spiro atoms. The fraction of sp³-hybridized carbons (Fsp3) is 0.125. The van der Waals surface area contributed by atoms with Crippen molar-refractivity contribution in [3.63, 3.8) is 0 Å². The Labute approximate surface area is 178 Å². The summed E-state index contributed by atoms with van der Waals surface area (Å²) in [4.78, 5) is 37.5. The minimum Gasteiger partial charge on any atom is -0.481 e. The molecule has 31 heavy (non-hydrogen) atoms. The van der Waals surface area contributed by atoms with Crippen LogP contribution in [-0.4, -0.2) is 28.1 Å². The molecule has 0 radical (unpaired) electrons. The van der Waals surface area contributed by atoms with Crippen molar-refractivity contribution in [2.45, 2.75) is 17.9 Å². The van der Waals surface area contributed by atoms with Gasteiger partial charge in [0.15, 0.2) is 5.54 Å². The zero-order valence-corrected chi connectivity index (χ0v) is 16.4. The number of nitrogens with one attached hydrogen (secondary N) is 1. The van der Waals surface area contributed by atoms with Gasteiger partial charge in [0.2, 0.25) is 0 Å². The number of carboxylic acid groups (broad SMARTS) is 2. The summed E-state index contributed by atoms with van der Waals surface area (Å²) in [5.41, 5.74) is -1.50. The van der Waals surface area contributed by atoms with Crippen molar-refractivity contribution in [3.8, 4) is 0 Å². The maximum atomic E-state index is 13.6. The third-order valence-electron chi connectivity index (χ3n) is 5.09. The van der Waals surface area contributed by atoms with Crippen LogP contribution in [0.5, 0.6) is 0 Å². The van der Waals surface area contributed by atoms with Crippen LogP contribution in [0.15, 0.2) is 84.9 Å². The summed E-state index contributed by atoms with van der Waals surface area (Å²) < 4.78 is 13.6. The molecule has 3 N–H and O–H groups in total. The normalized spacial score (nSPS) is 13.6. The highest BCUT2D eigenvalue weighted by Gasteiger charge is 2.50. The number of carbonyl (C=O) groups is 3. The Hall–Kier alpha value is -4.00. The van der Waals surface area contributed by atoms with Crippen molar-refractivity contribution in [1.82, 2.24) is 5.32 Å². The van der Waals surface area contributed by atoms with E-state index in [0.717, 1.165) is 12.1 Å². The smallest absolute Gasteiger partial charge is 0.334 e. The monoisotopic (exact) mass is 421 g/mol. The van der Waals surface area contributed by atoms with Crippen molar-refractivity contribution in [2.24, 2.45) is 0 Å². The van der Waals surface area contributed by atoms with E-state index < -0.39 is 41.5 Å². The Morgan fingerprint density at radius 3 is 1.90 bits per heavy atom. The molecule has 0 aliphatic rings. The quantitative estimate of drug-likeness (QED) is 0.513. The standard InChI is InChI=1S/C24H20FNO5/c25-19-13-11-18(12-14-19)24(23(30)31,26-22(29)17-9-5-2-6-10-17)20(15-21(27)28)16-7-3-1-4-8-16/h1-14,20H,15H2,(H,26,29)(H,27,28)(H,30,31). The third kappa shape index (κ3) is 4.61. The number of amides is 1. The summed E-state index contributed by atoms with van der Waals surface area (Å²) in [6.07, 6.45) is -0.581. The first-order valence-corrected chi connectivity index (χ1v) is 9.48. The third-order valence-corrected chi connectivity index (χ3v) is 5.09. The predicted molar refractivity (Wildman–Crippen MR) is 111 cm³/mol. The van der Waals surface area contributed by atoms with Gasteiger partial charge < -0.3 is 15.5 Å². The van der Waals surface area contributed by atoms with Gasteiger partial charge in [-0.1, -0.05) is 60.7 Å². The van der Waals surface area contributed by atoms with Crippen LogP contribution in [0.4, 0.5) is 4.39 Å². The summed E-state index contributed by atoms with van der Waals surface area (Å²) in [5, 5.41) is 22.5. The van der Waals surface area contributed by atoms with E-state index in [4.69, 9.17) is 0 Å². The lowest BCUT2D eigenvalue weighted by atomic mass is 9.72. The van der Waals surface area contributed by atoms with Gasteiger partial charge in [-0.25, -0.2) is 9.18 Å². The Balaban J connectivity index is 2.24. The Morgan fingerprint density at radius 2 is 1.39 bits per heavy atom. The van der Waals surface area contributed by atoms with Crippen molar-refractivity contribution in [1.29, 1.82) is 0 Å². The minimum absolute atomic E-state index is 0.0563. The van der Waals surface area contributed by atoms with Crippen LogP contribution in [0.2, 0.25) is 0 Å². The summed E-state index contributed by atoms with van der Waals surface area (Å²) in [6.45, 7) is 0. The van der Waals surface area contributed by atoms with E-state index in [0.29, 0.717) is 5.56 Å². The number of aliphatic carboxylic acids is 2. The van der Waals surface area contributed by atoms with Crippen molar-refractivity contribution in [3.05, 3.63) is 107 Å². The van der Waals surface area contributed by atoms with E-state index in [1.54, 1.807) is 48.5 Å². The number of hydrogen-bond donors (Lipinski definition) is 3. The van der Waals surface area contributed by atoms with E-state index in [1.165, 1.54) is 24.3 Å². The molecule has 0 saturated carbocycles. The van der Waals surface area contributed by atoms with Gasteiger partial charge in [0.25, 0.3) is 5.91 Å². The molecule has 0 saturated heterocycles. The van der Waals surface area contributed by atoms with Crippen LogP contribution in [0, 0.1) is 5.82 Å². The number of hydrogen-bond acceptors (Lipinski definition) is 3. The first kappa shape index (κ1) is 21.7. The van der Waals surface area contributed by atoms with Gasteiger partial charge >= 0.3 is 11.9 Å². The van der Waals surface area contributed by atoms with E-state index in [-0.39, 0.29) is 11.1 Å². The van der Waals surface area contributed by atoms with E-state index in [1.807, 2.05) is 0 Å². The van der Waals surface area contributed by atoms with E-state index in [9.17, 15) is 29.0 Å². The zero-order valence-electron chi connectivity index (χ0n) is 16.4. The molecule has 3 rings (SSSR count). The first-order valence-electron chi connectivity index (χ1n) is 9.48. The molecule has 0 aliphatic heterocycles. The lowest BCUT2D eigenvalue weighted by molar-refractivity contribution is -0.147. The molecule has 0 aliphatic carbocycles. The summed E-state index contributed by atoms with van der Waals surface area (Å²) in [5.74, 6) is -5.17. The summed E-state index contributed by atoms with van der Waals surface area (Å²) in [6, 6.07) is 20.8.